The number of hydrogen-bond acceptors (Lipinski definition) is 3. The molecule has 13 heavy (non-hydrogen) atoms. The van der Waals surface area contributed by atoms with Gasteiger partial charge in [-0.05, 0) is 12.8 Å². The Bertz CT molecular complexity index is 95.4. The largest absolute Gasteiger partial charge is 0.350 e. The minimum absolute atomic E-state index is 0.654. The third-order valence-corrected chi connectivity index (χ3v) is 2.68. The van der Waals surface area contributed by atoms with Crippen LogP contribution in [0, 0.1) is 0 Å². The first kappa shape index (κ1) is 13.6. The molecule has 0 fully saturated rings. The first-order chi connectivity index (χ1) is 6.35. The van der Waals surface area contributed by atoms with Gasteiger partial charge in [-0.25, -0.2) is 0 Å². The Labute approximate surface area is 86.9 Å². The van der Waals surface area contributed by atoms with Gasteiger partial charge in [0.15, 0.2) is 0 Å². The highest BCUT2D eigenvalue weighted by Gasteiger charge is 2.10. The van der Waals surface area contributed by atoms with Crippen molar-refractivity contribution in [2.45, 2.75) is 39.5 Å². The van der Waals surface area contributed by atoms with Gasteiger partial charge in [0.1, 0.15) is 0 Å². The summed E-state index contributed by atoms with van der Waals surface area (Å²) in [7, 11) is -1.32. The molecule has 0 spiro atoms. The predicted molar refractivity (Wildman–Crippen MR) is 55.6 cm³/mol. The summed E-state index contributed by atoms with van der Waals surface area (Å²) in [5.74, 6) is 0. The molecular weight excluding hydrogens is 211 g/mol. The zero-order valence-electron chi connectivity index (χ0n) is 8.29. The van der Waals surface area contributed by atoms with Crippen molar-refractivity contribution in [3.8, 4) is 0 Å². The summed E-state index contributed by atoms with van der Waals surface area (Å²) < 4.78 is 15.1. The number of halogens is 1. The highest BCUT2D eigenvalue weighted by atomic mass is 35.5. The second-order valence-electron chi connectivity index (χ2n) is 2.67. The van der Waals surface area contributed by atoms with E-state index in [1.54, 1.807) is 0 Å². The van der Waals surface area contributed by atoms with E-state index in [0.29, 0.717) is 13.2 Å². The quantitative estimate of drug-likeness (QED) is 0.441. The van der Waals surface area contributed by atoms with Crippen molar-refractivity contribution < 1.29 is 13.1 Å². The molecule has 0 aliphatic heterocycles. The van der Waals surface area contributed by atoms with Crippen LogP contribution in [0.3, 0.4) is 0 Å². The lowest BCUT2D eigenvalue weighted by molar-refractivity contribution is 0.204. The van der Waals surface area contributed by atoms with Gasteiger partial charge in [-0.15, -0.1) is 0 Å². The molecule has 0 bridgehead atoms. The molecule has 0 saturated carbocycles. The summed E-state index contributed by atoms with van der Waals surface area (Å²) in [6, 6.07) is 0. The molecule has 0 rings (SSSR count). The van der Waals surface area contributed by atoms with E-state index in [0.717, 1.165) is 25.7 Å². The van der Waals surface area contributed by atoms with Crippen molar-refractivity contribution in [1.29, 1.82) is 0 Å². The third-order valence-electron chi connectivity index (χ3n) is 1.45. The van der Waals surface area contributed by atoms with E-state index in [1.807, 2.05) is 0 Å². The van der Waals surface area contributed by atoms with Crippen LogP contribution in [0.2, 0.25) is 0 Å². The molecule has 80 valence electrons. The predicted octanol–water partition coefficient (Wildman–Crippen LogP) is 4.02. The molecule has 0 aromatic rings. The molecule has 3 nitrogen and oxygen atoms in total. The molecule has 0 amide bonds. The molecule has 0 aromatic carbocycles. The molecular formula is C8H18ClO3P. The zero-order chi connectivity index (χ0) is 9.94. The Morgan fingerprint density at radius 2 is 1.46 bits per heavy atom. The summed E-state index contributed by atoms with van der Waals surface area (Å²) in [6.45, 7) is 5.51. The lowest BCUT2D eigenvalue weighted by Gasteiger charge is -2.11. The Hall–Kier alpha value is 0.600. The number of hydrogen-bond donors (Lipinski definition) is 0. The highest BCUT2D eigenvalue weighted by molar-refractivity contribution is 7.42. The number of rotatable bonds is 9. The van der Waals surface area contributed by atoms with Crippen LogP contribution in [0.5, 0.6) is 0 Å². The molecule has 0 heterocycles. The van der Waals surface area contributed by atoms with Gasteiger partial charge in [0.25, 0.3) is 0 Å². The van der Waals surface area contributed by atoms with Crippen molar-refractivity contribution in [1.82, 2.24) is 0 Å². The van der Waals surface area contributed by atoms with Crippen molar-refractivity contribution in [3.63, 3.8) is 0 Å². The topological polar surface area (TPSA) is 27.7 Å². The van der Waals surface area contributed by atoms with E-state index in [9.17, 15) is 0 Å². The van der Waals surface area contributed by atoms with E-state index in [4.69, 9.17) is 20.9 Å². The van der Waals surface area contributed by atoms with Crippen molar-refractivity contribution in [2.75, 3.05) is 13.2 Å². The van der Waals surface area contributed by atoms with Gasteiger partial charge in [-0.3, -0.25) is 0 Å². The van der Waals surface area contributed by atoms with Gasteiger partial charge in [0.05, 0.1) is 25.1 Å². The lowest BCUT2D eigenvalue weighted by atomic mass is 10.4. The van der Waals surface area contributed by atoms with Crippen LogP contribution in [-0.2, 0) is 13.1 Å². The van der Waals surface area contributed by atoms with Gasteiger partial charge < -0.3 is 9.05 Å². The van der Waals surface area contributed by atoms with Gasteiger partial charge in [0, 0.05) is 0 Å². The Balaban J connectivity index is 3.28. The van der Waals surface area contributed by atoms with Crippen LogP contribution < -0.4 is 0 Å². The maximum absolute atomic E-state index is 5.27. The molecule has 5 heteroatoms. The summed E-state index contributed by atoms with van der Waals surface area (Å²) in [5, 5.41) is 0. The molecule has 0 aliphatic carbocycles. The molecule has 0 unspecified atom stereocenters. The highest BCUT2D eigenvalue weighted by Crippen LogP contribution is 2.41. The number of unbranched alkanes of at least 4 members (excludes halogenated alkanes) is 2. The molecule has 0 aromatic heterocycles. The average Bonchev–Trinajstić information content (AvgIpc) is 2.16. The fourth-order valence-corrected chi connectivity index (χ4v) is 1.59. The summed E-state index contributed by atoms with van der Waals surface area (Å²) >= 11 is 5.20. The zero-order valence-corrected chi connectivity index (χ0v) is 9.94. The minimum atomic E-state index is -1.32. The van der Waals surface area contributed by atoms with Crippen LogP contribution in [0.1, 0.15) is 39.5 Å². The smallest absolute Gasteiger partial charge is 0.311 e. The fraction of sp³-hybridized carbons (Fsp3) is 1.00. The normalized spacial score (nSPS) is 11.1. The van der Waals surface area contributed by atoms with Crippen molar-refractivity contribution in [2.24, 2.45) is 0 Å². The van der Waals surface area contributed by atoms with E-state index < -0.39 is 8.60 Å². The summed E-state index contributed by atoms with van der Waals surface area (Å²) in [5.41, 5.74) is 0. The molecule has 0 atom stereocenters. The maximum atomic E-state index is 5.27. The SMILES string of the molecule is CCCCOP(OCl)OCCCC. The second-order valence-corrected chi connectivity index (χ2v) is 4.18. The minimum Gasteiger partial charge on any atom is -0.311 e. The van der Waals surface area contributed by atoms with Gasteiger partial charge in [-0.1, -0.05) is 26.7 Å². The molecule has 0 radical (unpaired) electrons. The van der Waals surface area contributed by atoms with Crippen LogP contribution in [0.15, 0.2) is 0 Å². The lowest BCUT2D eigenvalue weighted by Crippen LogP contribution is -1.94. The fourth-order valence-electron chi connectivity index (χ4n) is 0.644. The van der Waals surface area contributed by atoms with Crippen molar-refractivity contribution >= 4 is 20.5 Å². The Morgan fingerprint density at radius 3 is 1.77 bits per heavy atom. The first-order valence-corrected chi connectivity index (χ1v) is 6.10. The molecule has 0 saturated heterocycles. The first-order valence-electron chi connectivity index (χ1n) is 4.69. The second kappa shape index (κ2) is 10.7. The van der Waals surface area contributed by atoms with E-state index in [2.05, 4.69) is 17.9 Å². The maximum Gasteiger partial charge on any atom is 0.350 e. The van der Waals surface area contributed by atoms with Crippen LogP contribution in [-0.4, -0.2) is 13.2 Å². The molecule has 0 aliphatic rings. The monoisotopic (exact) mass is 228 g/mol. The van der Waals surface area contributed by atoms with Crippen LogP contribution >= 0.6 is 20.5 Å². The van der Waals surface area contributed by atoms with Crippen molar-refractivity contribution in [3.05, 3.63) is 0 Å². The standard InChI is InChI=1S/C8H18ClO3P/c1-3-5-7-10-13(12-9)11-8-6-4-2/h3-8H2,1-2H3. The Morgan fingerprint density at radius 1 is 1.00 bits per heavy atom. The summed E-state index contributed by atoms with van der Waals surface area (Å²) in [4.78, 5) is 0. The van der Waals surface area contributed by atoms with E-state index >= 15 is 0 Å². The van der Waals surface area contributed by atoms with E-state index in [-0.39, 0.29) is 0 Å². The Kier molecular flexibility index (Phi) is 11.2. The van der Waals surface area contributed by atoms with Gasteiger partial charge in [0.2, 0.25) is 0 Å². The third kappa shape index (κ3) is 8.92. The molecule has 0 N–H and O–H groups in total. The van der Waals surface area contributed by atoms with Gasteiger partial charge >= 0.3 is 8.60 Å². The summed E-state index contributed by atoms with van der Waals surface area (Å²) in [6.07, 6.45) is 4.22. The van der Waals surface area contributed by atoms with E-state index in [1.165, 1.54) is 0 Å². The van der Waals surface area contributed by atoms with Crippen LogP contribution in [0.4, 0.5) is 0 Å². The van der Waals surface area contributed by atoms with Crippen LogP contribution in [0.25, 0.3) is 0 Å². The van der Waals surface area contributed by atoms with Gasteiger partial charge in [-0.2, -0.15) is 4.08 Å². The average molecular weight is 229 g/mol.